The van der Waals surface area contributed by atoms with E-state index in [0.29, 0.717) is 22.9 Å². The lowest BCUT2D eigenvalue weighted by molar-refractivity contribution is -0.119. The maximum Gasteiger partial charge on any atom is 0.342 e. The van der Waals surface area contributed by atoms with Gasteiger partial charge in [0.05, 0.1) is 12.8 Å². The number of ether oxygens (including phenoxy) is 1. The molecule has 3 aromatic rings. The van der Waals surface area contributed by atoms with Gasteiger partial charge in [-0.25, -0.2) is 15.3 Å². The van der Waals surface area contributed by atoms with Crippen LogP contribution >= 0.6 is 11.6 Å². The van der Waals surface area contributed by atoms with Crippen LogP contribution in [0.2, 0.25) is 5.02 Å². The van der Waals surface area contributed by atoms with E-state index < -0.39 is 17.2 Å². The predicted octanol–water partition coefficient (Wildman–Crippen LogP) is 1.25. The summed E-state index contributed by atoms with van der Waals surface area (Å²) in [5.41, 5.74) is 2.50. The van der Waals surface area contributed by atoms with Gasteiger partial charge in [-0.05, 0) is 35.4 Å². The quantitative estimate of drug-likeness (QED) is 0.314. The van der Waals surface area contributed by atoms with Crippen molar-refractivity contribution in [1.29, 1.82) is 0 Å². The van der Waals surface area contributed by atoms with Gasteiger partial charge in [-0.3, -0.25) is 14.6 Å². The summed E-state index contributed by atoms with van der Waals surface area (Å²) in [6.07, 6.45) is 1.45. The third-order valence-electron chi connectivity index (χ3n) is 3.68. The number of nitrogens with one attached hydrogen (secondary N) is 4. The standard InChI is InChI=1S/C19H17ClN6O4/c20-14-5-1-4-13(7-14)11-30-15-6-2-3-12(8-15)9-22-24-16(27)10-21-17-18(28)23-19(29)26-25-17/h1-9H,10-11H2,(H,21,25)(H,24,27)(H2,23,26,28,29)/b22-9+. The van der Waals surface area contributed by atoms with Crippen LogP contribution in [-0.2, 0) is 11.4 Å². The minimum absolute atomic E-state index is 0.182. The molecule has 11 heteroatoms. The van der Waals surface area contributed by atoms with Crippen LogP contribution in [0.25, 0.3) is 0 Å². The number of hydrogen-bond donors (Lipinski definition) is 4. The van der Waals surface area contributed by atoms with E-state index in [9.17, 15) is 14.4 Å². The number of amides is 1. The second-order valence-corrected chi connectivity index (χ2v) is 6.43. The highest BCUT2D eigenvalue weighted by Gasteiger charge is 2.05. The van der Waals surface area contributed by atoms with Gasteiger partial charge in [0.15, 0.2) is 0 Å². The van der Waals surface area contributed by atoms with E-state index >= 15 is 0 Å². The molecule has 154 valence electrons. The van der Waals surface area contributed by atoms with Crippen LogP contribution in [-0.4, -0.2) is 33.8 Å². The van der Waals surface area contributed by atoms with Gasteiger partial charge in [-0.1, -0.05) is 35.9 Å². The number of halogens is 1. The molecule has 1 heterocycles. The van der Waals surface area contributed by atoms with E-state index in [2.05, 4.69) is 26.0 Å². The molecule has 1 aromatic heterocycles. The summed E-state index contributed by atoms with van der Waals surface area (Å²) in [6.45, 7) is 0.101. The third-order valence-corrected chi connectivity index (χ3v) is 3.92. The molecule has 0 atom stereocenters. The number of aromatic amines is 2. The number of H-pyrrole nitrogens is 2. The van der Waals surface area contributed by atoms with E-state index in [1.807, 2.05) is 23.2 Å². The molecule has 0 bridgehead atoms. The number of hydrogen-bond acceptors (Lipinski definition) is 7. The molecule has 4 N–H and O–H groups in total. The molecule has 0 saturated heterocycles. The molecule has 0 radical (unpaired) electrons. The van der Waals surface area contributed by atoms with E-state index in [1.54, 1.807) is 30.3 Å². The number of benzene rings is 2. The van der Waals surface area contributed by atoms with Gasteiger partial charge in [0.2, 0.25) is 5.82 Å². The minimum Gasteiger partial charge on any atom is -0.489 e. The van der Waals surface area contributed by atoms with Crippen LogP contribution in [0.3, 0.4) is 0 Å². The molecular weight excluding hydrogens is 412 g/mol. The Hall–Kier alpha value is -3.92. The number of carbonyl (C=O) groups is 1. The lowest BCUT2D eigenvalue weighted by Gasteiger charge is -2.07. The second kappa shape index (κ2) is 10.0. The molecule has 0 aliphatic heterocycles. The number of rotatable bonds is 8. The normalized spacial score (nSPS) is 10.7. The molecule has 0 spiro atoms. The van der Waals surface area contributed by atoms with Crippen molar-refractivity contribution in [2.75, 3.05) is 11.9 Å². The smallest absolute Gasteiger partial charge is 0.342 e. The largest absolute Gasteiger partial charge is 0.489 e. The first kappa shape index (κ1) is 20.8. The highest BCUT2D eigenvalue weighted by atomic mass is 35.5. The third kappa shape index (κ3) is 6.31. The zero-order valence-corrected chi connectivity index (χ0v) is 16.3. The average Bonchev–Trinajstić information content (AvgIpc) is 2.72. The van der Waals surface area contributed by atoms with Crippen molar-refractivity contribution >= 4 is 29.5 Å². The molecule has 10 nitrogen and oxygen atoms in total. The zero-order chi connectivity index (χ0) is 21.3. The van der Waals surface area contributed by atoms with Crippen LogP contribution in [0, 0.1) is 0 Å². The maximum atomic E-state index is 11.8. The summed E-state index contributed by atoms with van der Waals surface area (Å²) >= 11 is 5.96. The van der Waals surface area contributed by atoms with Crippen LogP contribution in [0.1, 0.15) is 11.1 Å². The first-order valence-electron chi connectivity index (χ1n) is 8.72. The highest BCUT2D eigenvalue weighted by molar-refractivity contribution is 6.30. The van der Waals surface area contributed by atoms with Crippen molar-refractivity contribution in [1.82, 2.24) is 20.6 Å². The van der Waals surface area contributed by atoms with Crippen molar-refractivity contribution in [3.05, 3.63) is 85.5 Å². The van der Waals surface area contributed by atoms with Gasteiger partial charge in [-0.15, -0.1) is 5.10 Å². The first-order chi connectivity index (χ1) is 14.5. The van der Waals surface area contributed by atoms with Crippen molar-refractivity contribution in [3.63, 3.8) is 0 Å². The van der Waals surface area contributed by atoms with Gasteiger partial charge in [0.25, 0.3) is 11.5 Å². The van der Waals surface area contributed by atoms with E-state index in [4.69, 9.17) is 16.3 Å². The number of aromatic nitrogens is 3. The molecule has 1 amide bonds. The Balaban J connectivity index is 1.49. The monoisotopic (exact) mass is 428 g/mol. The topological polar surface area (TPSA) is 141 Å². The van der Waals surface area contributed by atoms with Crippen LogP contribution in [0.4, 0.5) is 5.82 Å². The van der Waals surface area contributed by atoms with Gasteiger partial charge >= 0.3 is 5.69 Å². The lowest BCUT2D eigenvalue weighted by atomic mass is 10.2. The molecule has 0 saturated carbocycles. The second-order valence-electron chi connectivity index (χ2n) is 5.99. The molecule has 0 fully saturated rings. The zero-order valence-electron chi connectivity index (χ0n) is 15.5. The van der Waals surface area contributed by atoms with Crippen LogP contribution in [0.5, 0.6) is 5.75 Å². The average molecular weight is 429 g/mol. The number of hydrazone groups is 1. The summed E-state index contributed by atoms with van der Waals surface area (Å²) in [5, 5.41) is 12.5. The van der Waals surface area contributed by atoms with Gasteiger partial charge in [0.1, 0.15) is 12.4 Å². The van der Waals surface area contributed by atoms with Crippen LogP contribution < -0.4 is 26.7 Å². The van der Waals surface area contributed by atoms with Gasteiger partial charge in [-0.2, -0.15) is 5.10 Å². The van der Waals surface area contributed by atoms with Gasteiger partial charge in [0, 0.05) is 5.02 Å². The molecule has 2 aromatic carbocycles. The van der Waals surface area contributed by atoms with E-state index in [0.717, 1.165) is 5.56 Å². The van der Waals surface area contributed by atoms with E-state index in [1.165, 1.54) is 6.21 Å². The fourth-order valence-electron chi connectivity index (χ4n) is 2.33. The van der Waals surface area contributed by atoms with E-state index in [-0.39, 0.29) is 12.4 Å². The molecule has 0 aliphatic carbocycles. The van der Waals surface area contributed by atoms with Crippen molar-refractivity contribution in [3.8, 4) is 5.75 Å². The fraction of sp³-hybridized carbons (Fsp3) is 0.105. The van der Waals surface area contributed by atoms with Crippen molar-refractivity contribution in [2.24, 2.45) is 5.10 Å². The Kier molecular flexibility index (Phi) is 6.95. The van der Waals surface area contributed by atoms with Crippen LogP contribution in [0.15, 0.2) is 63.2 Å². The van der Waals surface area contributed by atoms with Crippen molar-refractivity contribution < 1.29 is 9.53 Å². The summed E-state index contributed by atoms with van der Waals surface area (Å²) in [5.74, 6) is -0.0550. The molecule has 0 unspecified atom stereocenters. The Morgan fingerprint density at radius 1 is 1.20 bits per heavy atom. The SMILES string of the molecule is O=C(CNc1n[nH]c(=O)[nH]c1=O)N/N=C/c1cccc(OCc2cccc(Cl)c2)c1. The molecule has 30 heavy (non-hydrogen) atoms. The Labute approximate surface area is 174 Å². The summed E-state index contributed by atoms with van der Waals surface area (Å²) in [6, 6.07) is 14.5. The highest BCUT2D eigenvalue weighted by Crippen LogP contribution is 2.16. The first-order valence-corrected chi connectivity index (χ1v) is 9.09. The number of nitrogens with zero attached hydrogens (tertiary/aromatic N) is 2. The lowest BCUT2D eigenvalue weighted by Crippen LogP contribution is -2.31. The molecule has 0 aliphatic rings. The minimum atomic E-state index is -0.738. The molecular formula is C19H17ClN6O4. The summed E-state index contributed by atoms with van der Waals surface area (Å²) in [4.78, 5) is 36.1. The Morgan fingerprint density at radius 3 is 2.83 bits per heavy atom. The maximum absolute atomic E-state index is 11.8. The van der Waals surface area contributed by atoms with Gasteiger partial charge < -0.3 is 10.1 Å². The number of carbonyl (C=O) groups excluding carboxylic acids is 1. The fourth-order valence-corrected chi connectivity index (χ4v) is 2.54. The molecule has 3 rings (SSSR count). The Morgan fingerprint density at radius 2 is 2.03 bits per heavy atom. The number of anilines is 1. The predicted molar refractivity (Wildman–Crippen MR) is 112 cm³/mol. The summed E-state index contributed by atoms with van der Waals surface area (Å²) < 4.78 is 5.74. The summed E-state index contributed by atoms with van der Waals surface area (Å²) in [7, 11) is 0. The Bertz CT molecular complexity index is 1170. The van der Waals surface area contributed by atoms with Crippen molar-refractivity contribution in [2.45, 2.75) is 6.61 Å².